The van der Waals surface area contributed by atoms with Gasteiger partial charge in [-0.25, -0.2) is 4.98 Å². The summed E-state index contributed by atoms with van der Waals surface area (Å²) in [6.45, 7) is 3.28. The van der Waals surface area contributed by atoms with Gasteiger partial charge in [0.05, 0.1) is 6.42 Å². The molecule has 0 spiro atoms. The van der Waals surface area contributed by atoms with E-state index < -0.39 is 0 Å². The zero-order valence-electron chi connectivity index (χ0n) is 17.0. The van der Waals surface area contributed by atoms with Gasteiger partial charge < -0.3 is 14.6 Å². The summed E-state index contributed by atoms with van der Waals surface area (Å²) in [5.41, 5.74) is 3.11. The summed E-state index contributed by atoms with van der Waals surface area (Å²) in [5, 5.41) is 2.93. The molecule has 6 heteroatoms. The highest BCUT2D eigenvalue weighted by molar-refractivity contribution is 5.92. The maximum absolute atomic E-state index is 12.6. The second-order valence-corrected chi connectivity index (χ2v) is 7.66. The SMILES string of the molecule is CC1CCCN1C(=O)c1coc(-c2ccc(CNC(=O)Cc3ccccc3)cc2)n1. The van der Waals surface area contributed by atoms with Gasteiger partial charge in [0.2, 0.25) is 11.8 Å². The van der Waals surface area contributed by atoms with Gasteiger partial charge in [0.1, 0.15) is 6.26 Å². The summed E-state index contributed by atoms with van der Waals surface area (Å²) in [5.74, 6) is 0.329. The monoisotopic (exact) mass is 403 g/mol. The maximum Gasteiger partial charge on any atom is 0.276 e. The van der Waals surface area contributed by atoms with Gasteiger partial charge in [-0.3, -0.25) is 9.59 Å². The summed E-state index contributed by atoms with van der Waals surface area (Å²) < 4.78 is 5.54. The Balaban J connectivity index is 1.34. The van der Waals surface area contributed by atoms with Gasteiger partial charge >= 0.3 is 0 Å². The van der Waals surface area contributed by atoms with Gasteiger partial charge in [0.15, 0.2) is 5.69 Å². The third-order valence-electron chi connectivity index (χ3n) is 5.44. The number of carbonyl (C=O) groups is 2. The molecule has 1 atom stereocenters. The third kappa shape index (κ3) is 4.59. The van der Waals surface area contributed by atoms with Crippen LogP contribution in [0.3, 0.4) is 0 Å². The number of oxazole rings is 1. The Morgan fingerprint density at radius 1 is 1.10 bits per heavy atom. The Hall–Kier alpha value is -3.41. The number of hydrogen-bond acceptors (Lipinski definition) is 4. The predicted octanol–water partition coefficient (Wildman–Crippen LogP) is 3.83. The van der Waals surface area contributed by atoms with Crippen molar-refractivity contribution >= 4 is 11.8 Å². The lowest BCUT2D eigenvalue weighted by molar-refractivity contribution is -0.120. The van der Waals surface area contributed by atoms with Crippen molar-refractivity contribution < 1.29 is 14.0 Å². The number of amides is 2. The number of benzene rings is 2. The van der Waals surface area contributed by atoms with Crippen LogP contribution in [0.15, 0.2) is 65.3 Å². The normalized spacial score (nSPS) is 15.9. The van der Waals surface area contributed by atoms with Crippen LogP contribution >= 0.6 is 0 Å². The van der Waals surface area contributed by atoms with E-state index in [2.05, 4.69) is 17.2 Å². The van der Waals surface area contributed by atoms with Crippen molar-refractivity contribution in [1.82, 2.24) is 15.2 Å². The number of likely N-dealkylation sites (tertiary alicyclic amines) is 1. The topological polar surface area (TPSA) is 75.4 Å². The molecule has 30 heavy (non-hydrogen) atoms. The molecule has 1 aliphatic heterocycles. The fourth-order valence-corrected chi connectivity index (χ4v) is 3.70. The van der Waals surface area contributed by atoms with Crippen LogP contribution in [0.25, 0.3) is 11.5 Å². The van der Waals surface area contributed by atoms with E-state index in [1.54, 1.807) is 0 Å². The average molecular weight is 403 g/mol. The molecule has 4 rings (SSSR count). The largest absolute Gasteiger partial charge is 0.444 e. The summed E-state index contributed by atoms with van der Waals surface area (Å²) in [6, 6.07) is 17.5. The van der Waals surface area contributed by atoms with Crippen molar-refractivity contribution in [3.63, 3.8) is 0 Å². The molecule has 1 aliphatic rings. The molecule has 1 aromatic heterocycles. The molecule has 0 aliphatic carbocycles. The van der Waals surface area contributed by atoms with Crippen molar-refractivity contribution in [2.45, 2.75) is 38.8 Å². The first-order valence-corrected chi connectivity index (χ1v) is 10.3. The fourth-order valence-electron chi connectivity index (χ4n) is 3.70. The van der Waals surface area contributed by atoms with E-state index in [9.17, 15) is 9.59 Å². The second-order valence-electron chi connectivity index (χ2n) is 7.66. The molecule has 1 fully saturated rings. The Morgan fingerprint density at radius 2 is 1.87 bits per heavy atom. The quantitative estimate of drug-likeness (QED) is 0.679. The smallest absolute Gasteiger partial charge is 0.276 e. The van der Waals surface area contributed by atoms with Crippen molar-refractivity contribution in [2.75, 3.05) is 6.54 Å². The standard InChI is InChI=1S/C24H25N3O3/c1-17-6-5-13-27(17)24(29)21-16-30-23(26-21)20-11-9-19(10-12-20)15-25-22(28)14-18-7-3-2-4-8-18/h2-4,7-12,16-17H,5-6,13-15H2,1H3,(H,25,28). The van der Waals surface area contributed by atoms with E-state index >= 15 is 0 Å². The van der Waals surface area contributed by atoms with Crippen LogP contribution in [-0.2, 0) is 17.8 Å². The number of hydrogen-bond donors (Lipinski definition) is 1. The molecule has 2 amide bonds. The van der Waals surface area contributed by atoms with E-state index in [1.807, 2.05) is 59.5 Å². The molecule has 1 saturated heterocycles. The molecular formula is C24H25N3O3. The molecule has 2 aromatic carbocycles. The van der Waals surface area contributed by atoms with Gasteiger partial charge in [0, 0.05) is 24.7 Å². The Morgan fingerprint density at radius 3 is 2.57 bits per heavy atom. The zero-order chi connectivity index (χ0) is 20.9. The number of nitrogens with zero attached hydrogens (tertiary/aromatic N) is 2. The van der Waals surface area contributed by atoms with E-state index in [4.69, 9.17) is 4.42 Å². The third-order valence-corrected chi connectivity index (χ3v) is 5.44. The van der Waals surface area contributed by atoms with Crippen LogP contribution in [0.5, 0.6) is 0 Å². The van der Waals surface area contributed by atoms with Crippen molar-refractivity contribution in [2.24, 2.45) is 0 Å². The van der Waals surface area contributed by atoms with Gasteiger partial charge in [-0.05, 0) is 43.0 Å². The van der Waals surface area contributed by atoms with Crippen LogP contribution < -0.4 is 5.32 Å². The Labute approximate surface area is 175 Å². The second kappa shape index (κ2) is 8.95. The molecule has 3 aromatic rings. The molecule has 0 saturated carbocycles. The zero-order valence-corrected chi connectivity index (χ0v) is 17.0. The molecule has 154 valence electrons. The number of aromatic nitrogens is 1. The van der Waals surface area contributed by atoms with E-state index in [-0.39, 0.29) is 17.9 Å². The highest BCUT2D eigenvalue weighted by Gasteiger charge is 2.28. The minimum Gasteiger partial charge on any atom is -0.444 e. The summed E-state index contributed by atoms with van der Waals surface area (Å²) >= 11 is 0. The van der Waals surface area contributed by atoms with E-state index in [0.717, 1.165) is 36.1 Å². The summed E-state index contributed by atoms with van der Waals surface area (Å²) in [4.78, 5) is 30.9. The molecule has 0 radical (unpaired) electrons. The fraction of sp³-hybridized carbons (Fsp3) is 0.292. The van der Waals surface area contributed by atoms with E-state index in [0.29, 0.717) is 24.6 Å². The Kier molecular flexibility index (Phi) is 5.93. The summed E-state index contributed by atoms with van der Waals surface area (Å²) in [7, 11) is 0. The molecular weight excluding hydrogens is 378 g/mol. The maximum atomic E-state index is 12.6. The van der Waals surface area contributed by atoms with E-state index in [1.165, 1.54) is 6.26 Å². The minimum absolute atomic E-state index is 0.0164. The van der Waals surface area contributed by atoms with Gasteiger partial charge in [-0.15, -0.1) is 0 Å². The van der Waals surface area contributed by atoms with Crippen molar-refractivity contribution in [3.05, 3.63) is 77.7 Å². The van der Waals surface area contributed by atoms with Crippen molar-refractivity contribution in [3.8, 4) is 11.5 Å². The van der Waals surface area contributed by atoms with Gasteiger partial charge in [-0.1, -0.05) is 42.5 Å². The average Bonchev–Trinajstić information content (AvgIpc) is 3.42. The van der Waals surface area contributed by atoms with Gasteiger partial charge in [0.25, 0.3) is 5.91 Å². The first-order chi connectivity index (χ1) is 14.6. The minimum atomic E-state index is -0.0762. The summed E-state index contributed by atoms with van der Waals surface area (Å²) in [6.07, 6.45) is 3.85. The van der Waals surface area contributed by atoms with Crippen LogP contribution in [0.1, 0.15) is 41.4 Å². The predicted molar refractivity (Wildman–Crippen MR) is 114 cm³/mol. The number of carbonyl (C=O) groups excluding carboxylic acids is 2. The number of nitrogens with one attached hydrogen (secondary N) is 1. The van der Waals surface area contributed by atoms with Crippen LogP contribution in [0, 0.1) is 0 Å². The number of rotatable bonds is 6. The molecule has 1 unspecified atom stereocenters. The van der Waals surface area contributed by atoms with Gasteiger partial charge in [-0.2, -0.15) is 0 Å². The van der Waals surface area contributed by atoms with Crippen LogP contribution in [-0.4, -0.2) is 34.3 Å². The highest BCUT2D eigenvalue weighted by atomic mass is 16.3. The van der Waals surface area contributed by atoms with Crippen LogP contribution in [0.4, 0.5) is 0 Å². The highest BCUT2D eigenvalue weighted by Crippen LogP contribution is 2.23. The first kappa shape index (κ1) is 19.9. The van der Waals surface area contributed by atoms with Crippen LogP contribution in [0.2, 0.25) is 0 Å². The lowest BCUT2D eigenvalue weighted by Gasteiger charge is -2.19. The van der Waals surface area contributed by atoms with Crippen molar-refractivity contribution in [1.29, 1.82) is 0 Å². The molecule has 1 N–H and O–H groups in total. The lowest BCUT2D eigenvalue weighted by atomic mass is 10.1. The lowest BCUT2D eigenvalue weighted by Crippen LogP contribution is -2.33. The Bertz CT molecular complexity index is 1010. The molecule has 6 nitrogen and oxygen atoms in total. The molecule has 0 bridgehead atoms. The molecule has 2 heterocycles. The first-order valence-electron chi connectivity index (χ1n) is 10.3.